The van der Waals surface area contributed by atoms with E-state index in [1.807, 2.05) is 41.6 Å². The molecule has 0 unspecified atom stereocenters. The van der Waals surface area contributed by atoms with Gasteiger partial charge in [0.05, 0.1) is 4.88 Å². The molecule has 1 aromatic heterocycles. The molecule has 1 atom stereocenters. The zero-order valence-electron chi connectivity index (χ0n) is 17.2. The van der Waals surface area contributed by atoms with Crippen molar-refractivity contribution in [1.29, 1.82) is 0 Å². The molecule has 1 aromatic carbocycles. The van der Waals surface area contributed by atoms with Gasteiger partial charge in [-0.15, -0.1) is 11.3 Å². The van der Waals surface area contributed by atoms with Crippen molar-refractivity contribution in [3.63, 3.8) is 0 Å². The number of hydrogen-bond donors (Lipinski definition) is 0. The molecular formula is C24H31FN2OS. The van der Waals surface area contributed by atoms with Crippen molar-refractivity contribution in [3.05, 3.63) is 58.0 Å². The molecule has 29 heavy (non-hydrogen) atoms. The highest BCUT2D eigenvalue weighted by atomic mass is 32.1. The molecule has 5 heteroatoms. The van der Waals surface area contributed by atoms with Crippen molar-refractivity contribution < 1.29 is 9.18 Å². The SMILES string of the molecule is CN(C(=O)c1cccs1)[C@H](Cc1ccccc1F)C1CCN(C2CCCC2)CC1. The van der Waals surface area contributed by atoms with Crippen LogP contribution in [-0.2, 0) is 6.42 Å². The second-order valence-corrected chi connectivity index (χ2v) is 9.52. The predicted molar refractivity (Wildman–Crippen MR) is 117 cm³/mol. The fraction of sp³-hybridized carbons (Fsp3) is 0.542. The van der Waals surface area contributed by atoms with Crippen LogP contribution >= 0.6 is 11.3 Å². The van der Waals surface area contributed by atoms with Gasteiger partial charge in [0.25, 0.3) is 5.91 Å². The Morgan fingerprint density at radius 1 is 1.14 bits per heavy atom. The Morgan fingerprint density at radius 3 is 2.52 bits per heavy atom. The third-order valence-corrected chi connectivity index (χ3v) is 7.75. The van der Waals surface area contributed by atoms with Crippen LogP contribution in [0.2, 0.25) is 0 Å². The minimum atomic E-state index is -0.169. The van der Waals surface area contributed by atoms with Crippen molar-refractivity contribution in [1.82, 2.24) is 9.80 Å². The zero-order valence-corrected chi connectivity index (χ0v) is 18.0. The van der Waals surface area contributed by atoms with E-state index in [-0.39, 0.29) is 17.8 Å². The minimum absolute atomic E-state index is 0.0206. The van der Waals surface area contributed by atoms with Gasteiger partial charge < -0.3 is 9.80 Å². The summed E-state index contributed by atoms with van der Waals surface area (Å²) in [4.78, 5) is 18.4. The summed E-state index contributed by atoms with van der Waals surface area (Å²) in [5, 5.41) is 1.94. The Bertz CT molecular complexity index is 795. The van der Waals surface area contributed by atoms with Crippen LogP contribution in [0.1, 0.15) is 53.8 Å². The van der Waals surface area contributed by atoms with Crippen LogP contribution in [0.4, 0.5) is 4.39 Å². The molecule has 2 fully saturated rings. The van der Waals surface area contributed by atoms with Crippen molar-refractivity contribution in [2.75, 3.05) is 20.1 Å². The van der Waals surface area contributed by atoms with Crippen LogP contribution < -0.4 is 0 Å². The van der Waals surface area contributed by atoms with Gasteiger partial charge in [-0.1, -0.05) is 37.1 Å². The fourth-order valence-corrected chi connectivity index (χ4v) is 5.88. The van der Waals surface area contributed by atoms with Gasteiger partial charge >= 0.3 is 0 Å². The molecule has 1 aliphatic carbocycles. The first-order valence-electron chi connectivity index (χ1n) is 10.9. The highest BCUT2D eigenvalue weighted by Gasteiger charge is 2.34. The topological polar surface area (TPSA) is 23.6 Å². The van der Waals surface area contributed by atoms with Crippen LogP contribution in [0.3, 0.4) is 0 Å². The molecule has 2 aromatic rings. The number of carbonyl (C=O) groups excluding carboxylic acids is 1. The van der Waals surface area contributed by atoms with Crippen LogP contribution in [0, 0.1) is 11.7 Å². The van der Waals surface area contributed by atoms with Crippen molar-refractivity contribution in [2.45, 2.75) is 57.0 Å². The third kappa shape index (κ3) is 4.72. The maximum Gasteiger partial charge on any atom is 0.263 e. The molecule has 3 nitrogen and oxygen atoms in total. The average Bonchev–Trinajstić information content (AvgIpc) is 3.47. The van der Waals surface area contributed by atoms with Crippen LogP contribution in [0.5, 0.6) is 0 Å². The maximum absolute atomic E-state index is 14.4. The quantitative estimate of drug-likeness (QED) is 0.647. The highest BCUT2D eigenvalue weighted by molar-refractivity contribution is 7.12. The number of benzene rings is 1. The van der Waals surface area contributed by atoms with E-state index in [9.17, 15) is 9.18 Å². The first-order chi connectivity index (χ1) is 14.1. The molecule has 0 bridgehead atoms. The van der Waals surface area contributed by atoms with Gasteiger partial charge in [-0.3, -0.25) is 4.79 Å². The summed E-state index contributed by atoms with van der Waals surface area (Å²) in [5.41, 5.74) is 0.710. The lowest BCUT2D eigenvalue weighted by Gasteiger charge is -2.41. The lowest BCUT2D eigenvalue weighted by Crippen LogP contribution is -2.49. The van der Waals surface area contributed by atoms with Crippen LogP contribution in [0.25, 0.3) is 0 Å². The minimum Gasteiger partial charge on any atom is -0.337 e. The molecule has 0 N–H and O–H groups in total. The Hall–Kier alpha value is -1.72. The Kier molecular flexibility index (Phi) is 6.66. The van der Waals surface area contributed by atoms with Gasteiger partial charge in [0.2, 0.25) is 0 Å². The van der Waals surface area contributed by atoms with Gasteiger partial charge in [-0.2, -0.15) is 0 Å². The maximum atomic E-state index is 14.4. The van der Waals surface area contributed by atoms with E-state index in [4.69, 9.17) is 0 Å². The molecule has 156 valence electrons. The molecule has 4 rings (SSSR count). The number of piperidine rings is 1. The van der Waals surface area contributed by atoms with Crippen LogP contribution in [0.15, 0.2) is 41.8 Å². The third-order valence-electron chi connectivity index (χ3n) is 6.90. The molecule has 1 saturated carbocycles. The lowest BCUT2D eigenvalue weighted by atomic mass is 9.84. The van der Waals surface area contributed by atoms with Crippen molar-refractivity contribution in [3.8, 4) is 0 Å². The van der Waals surface area contributed by atoms with Crippen LogP contribution in [-0.4, -0.2) is 47.9 Å². The summed E-state index contributed by atoms with van der Waals surface area (Å²) in [5.74, 6) is 0.290. The van der Waals surface area contributed by atoms with Gasteiger partial charge in [0, 0.05) is 19.1 Å². The Balaban J connectivity index is 1.50. The number of nitrogens with zero attached hydrogens (tertiary/aromatic N) is 2. The number of thiophene rings is 1. The summed E-state index contributed by atoms with van der Waals surface area (Å²) in [7, 11) is 1.90. The van der Waals surface area contributed by atoms with E-state index in [0.717, 1.165) is 36.9 Å². The first kappa shape index (κ1) is 20.5. The summed E-state index contributed by atoms with van der Waals surface area (Å²) in [6.07, 6.45) is 8.13. The van der Waals surface area contributed by atoms with Crippen molar-refractivity contribution >= 4 is 17.2 Å². The van der Waals surface area contributed by atoms with E-state index >= 15 is 0 Å². The van der Waals surface area contributed by atoms with Gasteiger partial charge in [0.1, 0.15) is 5.82 Å². The van der Waals surface area contributed by atoms with E-state index in [0.29, 0.717) is 17.9 Å². The summed E-state index contributed by atoms with van der Waals surface area (Å²) >= 11 is 1.48. The number of rotatable bonds is 6. The smallest absolute Gasteiger partial charge is 0.263 e. The molecule has 0 radical (unpaired) electrons. The van der Waals surface area contributed by atoms with E-state index < -0.39 is 0 Å². The number of amides is 1. The molecule has 2 aliphatic rings. The molecule has 0 spiro atoms. The van der Waals surface area contributed by atoms with Gasteiger partial charge in [-0.05, 0) is 74.2 Å². The standard InChI is InChI=1S/C24H31FN2OS/c1-26(24(28)23-11-6-16-29-23)22(17-19-7-2-5-10-21(19)25)18-12-14-27(15-13-18)20-8-3-4-9-20/h2,5-7,10-11,16,18,20,22H,3-4,8-9,12-15,17H2,1H3/t22-/m1/s1. The number of halogens is 1. The molecule has 1 aliphatic heterocycles. The summed E-state index contributed by atoms with van der Waals surface area (Å²) in [6, 6.07) is 11.6. The molecule has 1 saturated heterocycles. The number of hydrogen-bond acceptors (Lipinski definition) is 3. The monoisotopic (exact) mass is 414 g/mol. The normalized spacial score (nSPS) is 20.1. The van der Waals surface area contributed by atoms with E-state index in [1.165, 1.54) is 43.1 Å². The molecule has 2 heterocycles. The Labute approximate surface area is 177 Å². The number of carbonyl (C=O) groups is 1. The molecular weight excluding hydrogens is 383 g/mol. The predicted octanol–water partition coefficient (Wildman–Crippen LogP) is 5.23. The van der Waals surface area contributed by atoms with E-state index in [1.54, 1.807) is 6.07 Å². The van der Waals surface area contributed by atoms with Crippen molar-refractivity contribution in [2.24, 2.45) is 5.92 Å². The van der Waals surface area contributed by atoms with Gasteiger partial charge in [0.15, 0.2) is 0 Å². The fourth-order valence-electron chi connectivity index (χ4n) is 5.17. The largest absolute Gasteiger partial charge is 0.337 e. The lowest BCUT2D eigenvalue weighted by molar-refractivity contribution is 0.0549. The van der Waals surface area contributed by atoms with E-state index in [2.05, 4.69) is 4.90 Å². The number of likely N-dealkylation sites (N-methyl/N-ethyl adjacent to an activating group) is 1. The first-order valence-corrected chi connectivity index (χ1v) is 11.8. The highest BCUT2D eigenvalue weighted by Crippen LogP contribution is 2.32. The molecule has 1 amide bonds. The second kappa shape index (κ2) is 9.40. The van der Waals surface area contributed by atoms with Gasteiger partial charge in [-0.25, -0.2) is 4.39 Å². The summed E-state index contributed by atoms with van der Waals surface area (Å²) in [6.45, 7) is 2.20. The number of likely N-dealkylation sites (tertiary alicyclic amines) is 1. The summed E-state index contributed by atoms with van der Waals surface area (Å²) < 4.78 is 14.4. The Morgan fingerprint density at radius 2 is 1.86 bits per heavy atom. The second-order valence-electron chi connectivity index (χ2n) is 8.57. The average molecular weight is 415 g/mol. The zero-order chi connectivity index (χ0) is 20.2.